The first-order chi connectivity index (χ1) is 10.3. The minimum Gasteiger partial charge on any atom is -0.452 e. The van der Waals surface area contributed by atoms with Crippen LogP contribution < -0.4 is 10.0 Å². The number of sulfonamides is 1. The van der Waals surface area contributed by atoms with Crippen LogP contribution in [-0.4, -0.2) is 40.0 Å². The molecule has 0 spiro atoms. The van der Waals surface area contributed by atoms with Gasteiger partial charge in [0.15, 0.2) is 6.61 Å². The van der Waals surface area contributed by atoms with Gasteiger partial charge in [0, 0.05) is 6.04 Å². The lowest BCUT2D eigenvalue weighted by Gasteiger charge is -2.11. The van der Waals surface area contributed by atoms with Crippen molar-refractivity contribution < 1.29 is 22.7 Å². The zero-order valence-corrected chi connectivity index (χ0v) is 13.6. The molecule has 8 heteroatoms. The van der Waals surface area contributed by atoms with Gasteiger partial charge in [0.1, 0.15) is 0 Å². The quantitative estimate of drug-likeness (QED) is 0.716. The predicted octanol–water partition coefficient (Wildman–Crippen LogP) is 0.666. The molecular weight excluding hydrogens is 308 g/mol. The summed E-state index contributed by atoms with van der Waals surface area (Å²) < 4.78 is 30.4. The fraction of sp³-hybridized carbons (Fsp3) is 0.429. The SMILES string of the molecule is CC[C@@H](C)NC(=O)COC(=O)c1cccc(S(=O)(=O)NC)c1. The first-order valence-electron chi connectivity index (χ1n) is 6.80. The summed E-state index contributed by atoms with van der Waals surface area (Å²) in [4.78, 5) is 23.3. The molecule has 0 saturated heterocycles. The van der Waals surface area contributed by atoms with Crippen molar-refractivity contribution in [3.05, 3.63) is 29.8 Å². The van der Waals surface area contributed by atoms with Crippen LogP contribution in [0.2, 0.25) is 0 Å². The number of benzene rings is 1. The van der Waals surface area contributed by atoms with Gasteiger partial charge in [-0.1, -0.05) is 13.0 Å². The summed E-state index contributed by atoms with van der Waals surface area (Å²) in [5.41, 5.74) is 0.0627. The zero-order valence-electron chi connectivity index (χ0n) is 12.8. The van der Waals surface area contributed by atoms with Gasteiger partial charge in [0.05, 0.1) is 10.5 Å². The van der Waals surface area contributed by atoms with Crippen LogP contribution in [0.15, 0.2) is 29.2 Å². The molecule has 0 aliphatic rings. The highest BCUT2D eigenvalue weighted by Gasteiger charge is 2.16. The molecule has 122 valence electrons. The Kier molecular flexibility index (Phi) is 6.51. The summed E-state index contributed by atoms with van der Waals surface area (Å²) in [6.07, 6.45) is 0.767. The average Bonchev–Trinajstić information content (AvgIpc) is 2.52. The molecule has 0 unspecified atom stereocenters. The molecule has 2 N–H and O–H groups in total. The molecule has 1 aromatic rings. The Labute approximate surface area is 130 Å². The van der Waals surface area contributed by atoms with Gasteiger partial charge >= 0.3 is 5.97 Å². The van der Waals surface area contributed by atoms with Crippen molar-refractivity contribution in [1.82, 2.24) is 10.0 Å². The van der Waals surface area contributed by atoms with E-state index in [1.807, 2.05) is 13.8 Å². The second-order valence-electron chi connectivity index (χ2n) is 4.69. The van der Waals surface area contributed by atoms with Gasteiger partial charge in [-0.05, 0) is 38.6 Å². The standard InChI is InChI=1S/C14H20N2O5S/c1-4-10(2)16-13(17)9-21-14(18)11-6-5-7-12(8-11)22(19,20)15-3/h5-8,10,15H,4,9H2,1-3H3,(H,16,17)/t10-/m1/s1. The predicted molar refractivity (Wildman–Crippen MR) is 80.9 cm³/mol. The summed E-state index contributed by atoms with van der Waals surface area (Å²) in [6, 6.07) is 5.40. The molecule has 0 heterocycles. The topological polar surface area (TPSA) is 102 Å². The van der Waals surface area contributed by atoms with Crippen molar-refractivity contribution in [3.63, 3.8) is 0 Å². The second-order valence-corrected chi connectivity index (χ2v) is 6.57. The molecule has 0 saturated carbocycles. The van der Waals surface area contributed by atoms with Gasteiger partial charge in [0.2, 0.25) is 10.0 Å². The summed E-state index contributed by atoms with van der Waals surface area (Å²) >= 11 is 0. The molecule has 1 aromatic carbocycles. The summed E-state index contributed by atoms with van der Waals surface area (Å²) in [6.45, 7) is 3.35. The molecular formula is C14H20N2O5S. The largest absolute Gasteiger partial charge is 0.452 e. The van der Waals surface area contributed by atoms with E-state index in [9.17, 15) is 18.0 Å². The van der Waals surface area contributed by atoms with E-state index in [1.54, 1.807) is 0 Å². The van der Waals surface area contributed by atoms with E-state index in [0.29, 0.717) is 0 Å². The van der Waals surface area contributed by atoms with Gasteiger partial charge in [0.25, 0.3) is 5.91 Å². The van der Waals surface area contributed by atoms with Crippen LogP contribution in [0.4, 0.5) is 0 Å². The van der Waals surface area contributed by atoms with Gasteiger partial charge in [-0.3, -0.25) is 4.79 Å². The Morgan fingerprint density at radius 3 is 2.59 bits per heavy atom. The van der Waals surface area contributed by atoms with Crippen LogP contribution in [-0.2, 0) is 19.6 Å². The van der Waals surface area contributed by atoms with Crippen molar-refractivity contribution >= 4 is 21.9 Å². The average molecular weight is 328 g/mol. The molecule has 0 aliphatic carbocycles. The van der Waals surface area contributed by atoms with Crippen LogP contribution in [0.1, 0.15) is 30.6 Å². The Balaban J connectivity index is 2.71. The van der Waals surface area contributed by atoms with Gasteiger partial charge in [-0.15, -0.1) is 0 Å². The van der Waals surface area contributed by atoms with Crippen molar-refractivity contribution in [3.8, 4) is 0 Å². The third kappa shape index (κ3) is 5.12. The fourth-order valence-electron chi connectivity index (χ4n) is 1.54. The van der Waals surface area contributed by atoms with Crippen LogP contribution >= 0.6 is 0 Å². The van der Waals surface area contributed by atoms with Crippen molar-refractivity contribution in [2.45, 2.75) is 31.2 Å². The van der Waals surface area contributed by atoms with E-state index >= 15 is 0 Å². The maximum Gasteiger partial charge on any atom is 0.338 e. The molecule has 1 amide bonds. The number of ether oxygens (including phenoxy) is 1. The van der Waals surface area contributed by atoms with Crippen LogP contribution in [0, 0.1) is 0 Å². The summed E-state index contributed by atoms with van der Waals surface area (Å²) in [5.74, 6) is -1.16. The first kappa shape index (κ1) is 18.1. The highest BCUT2D eigenvalue weighted by atomic mass is 32.2. The molecule has 7 nitrogen and oxygen atoms in total. The normalized spacial score (nSPS) is 12.5. The summed E-state index contributed by atoms with van der Waals surface area (Å²) in [5, 5.41) is 2.66. The molecule has 0 radical (unpaired) electrons. The Morgan fingerprint density at radius 1 is 1.32 bits per heavy atom. The number of esters is 1. The van der Waals surface area contributed by atoms with Gasteiger partial charge in [-0.25, -0.2) is 17.9 Å². The van der Waals surface area contributed by atoms with Gasteiger partial charge in [-0.2, -0.15) is 0 Å². The van der Waals surface area contributed by atoms with Crippen LogP contribution in [0.3, 0.4) is 0 Å². The molecule has 0 bridgehead atoms. The number of hydrogen-bond donors (Lipinski definition) is 2. The number of amides is 1. The maximum absolute atomic E-state index is 11.9. The lowest BCUT2D eigenvalue weighted by atomic mass is 10.2. The molecule has 1 rings (SSSR count). The molecule has 0 fully saturated rings. The fourth-order valence-corrected chi connectivity index (χ4v) is 2.32. The Hall–Kier alpha value is -1.93. The molecule has 22 heavy (non-hydrogen) atoms. The summed E-state index contributed by atoms with van der Waals surface area (Å²) in [7, 11) is -2.36. The van der Waals surface area contributed by atoms with E-state index in [0.717, 1.165) is 6.42 Å². The lowest BCUT2D eigenvalue weighted by Crippen LogP contribution is -2.35. The Bertz CT molecular complexity index is 642. The number of carbonyl (C=O) groups excluding carboxylic acids is 2. The smallest absolute Gasteiger partial charge is 0.338 e. The number of carbonyl (C=O) groups is 2. The van der Waals surface area contributed by atoms with Crippen LogP contribution in [0.25, 0.3) is 0 Å². The van der Waals surface area contributed by atoms with E-state index in [1.165, 1.54) is 31.3 Å². The maximum atomic E-state index is 11.9. The lowest BCUT2D eigenvalue weighted by molar-refractivity contribution is -0.124. The number of rotatable bonds is 7. The highest BCUT2D eigenvalue weighted by Crippen LogP contribution is 2.12. The van der Waals surface area contributed by atoms with Gasteiger partial charge < -0.3 is 10.1 Å². The number of nitrogens with one attached hydrogen (secondary N) is 2. The third-order valence-electron chi connectivity index (χ3n) is 3.00. The van der Waals surface area contributed by atoms with Crippen molar-refractivity contribution in [2.75, 3.05) is 13.7 Å². The monoisotopic (exact) mass is 328 g/mol. The minimum absolute atomic E-state index is 0.00435. The van der Waals surface area contributed by atoms with E-state index in [2.05, 4.69) is 10.0 Å². The highest BCUT2D eigenvalue weighted by molar-refractivity contribution is 7.89. The van der Waals surface area contributed by atoms with E-state index < -0.39 is 28.5 Å². The molecule has 1 atom stereocenters. The zero-order chi connectivity index (χ0) is 16.8. The molecule has 0 aromatic heterocycles. The van der Waals surface area contributed by atoms with Crippen molar-refractivity contribution in [1.29, 1.82) is 0 Å². The van der Waals surface area contributed by atoms with Crippen LogP contribution in [0.5, 0.6) is 0 Å². The number of hydrogen-bond acceptors (Lipinski definition) is 5. The second kappa shape index (κ2) is 7.90. The Morgan fingerprint density at radius 2 is 2.00 bits per heavy atom. The van der Waals surface area contributed by atoms with Crippen molar-refractivity contribution in [2.24, 2.45) is 0 Å². The third-order valence-corrected chi connectivity index (χ3v) is 4.41. The molecule has 0 aliphatic heterocycles. The van der Waals surface area contributed by atoms with E-state index in [4.69, 9.17) is 4.74 Å². The van der Waals surface area contributed by atoms with E-state index in [-0.39, 0.29) is 16.5 Å². The minimum atomic E-state index is -3.64. The first-order valence-corrected chi connectivity index (χ1v) is 8.28.